The molecule has 3 N–H and O–H groups in total. The average Bonchev–Trinajstić information content (AvgIpc) is 2.97. The Kier molecular flexibility index (Phi) is 4.35. The van der Waals surface area contributed by atoms with E-state index >= 15 is 0 Å². The summed E-state index contributed by atoms with van der Waals surface area (Å²) in [6, 6.07) is 9.63. The van der Waals surface area contributed by atoms with Crippen LogP contribution in [0.3, 0.4) is 0 Å². The number of thiophene rings is 1. The number of pyridine rings is 1. The third kappa shape index (κ3) is 3.23. The molecule has 0 bridgehead atoms. The van der Waals surface area contributed by atoms with Crippen LogP contribution in [0.5, 0.6) is 0 Å². The molecule has 6 heteroatoms. The lowest BCUT2D eigenvalue weighted by Crippen LogP contribution is -2.24. The number of hydrogen-bond donors (Lipinski definition) is 2. The van der Waals surface area contributed by atoms with Crippen LogP contribution in [0.25, 0.3) is 0 Å². The van der Waals surface area contributed by atoms with E-state index < -0.39 is 0 Å². The fraction of sp³-hybridized carbons (Fsp3) is 0.231. The van der Waals surface area contributed by atoms with Crippen LogP contribution < -0.4 is 10.6 Å². The highest BCUT2D eigenvalue weighted by Crippen LogP contribution is 2.17. The zero-order valence-corrected chi connectivity index (χ0v) is 11.5. The van der Waals surface area contributed by atoms with Crippen molar-refractivity contribution in [1.82, 2.24) is 4.98 Å². The predicted octanol–water partition coefficient (Wildman–Crippen LogP) is 2.26. The fourth-order valence-electron chi connectivity index (χ4n) is 1.74. The van der Waals surface area contributed by atoms with Gasteiger partial charge in [0.1, 0.15) is 11.5 Å². The Morgan fingerprint density at radius 1 is 1.42 bits per heavy atom. The minimum atomic E-state index is 0.0222. The minimum absolute atomic E-state index is 0.0222. The van der Waals surface area contributed by atoms with Crippen LogP contribution in [-0.2, 0) is 6.54 Å². The van der Waals surface area contributed by atoms with Crippen molar-refractivity contribution in [3.05, 3.63) is 46.3 Å². The summed E-state index contributed by atoms with van der Waals surface area (Å²) in [5, 5.41) is 13.7. The number of anilines is 1. The summed E-state index contributed by atoms with van der Waals surface area (Å²) in [5.74, 6) is 0.842. The maximum absolute atomic E-state index is 8.69. The van der Waals surface area contributed by atoms with Gasteiger partial charge in [0.15, 0.2) is 5.84 Å². The molecule has 0 radical (unpaired) electrons. The molecule has 0 spiro atoms. The smallest absolute Gasteiger partial charge is 0.188 e. The number of rotatable bonds is 5. The van der Waals surface area contributed by atoms with Gasteiger partial charge in [0.25, 0.3) is 0 Å². The molecule has 0 aliphatic rings. The minimum Gasteiger partial charge on any atom is -0.409 e. The van der Waals surface area contributed by atoms with Gasteiger partial charge in [0.05, 0.1) is 6.54 Å². The third-order valence-corrected chi connectivity index (χ3v) is 3.60. The zero-order valence-electron chi connectivity index (χ0n) is 10.7. The van der Waals surface area contributed by atoms with Crippen LogP contribution in [0.1, 0.15) is 17.5 Å². The van der Waals surface area contributed by atoms with Gasteiger partial charge in [-0.15, -0.1) is 11.3 Å². The topological polar surface area (TPSA) is 74.7 Å². The molecule has 0 saturated carbocycles. The van der Waals surface area contributed by atoms with E-state index in [4.69, 9.17) is 10.9 Å². The molecule has 0 aliphatic carbocycles. The first kappa shape index (κ1) is 13.4. The van der Waals surface area contributed by atoms with E-state index in [2.05, 4.69) is 33.4 Å². The molecule has 0 aliphatic heterocycles. The Balaban J connectivity index is 2.23. The van der Waals surface area contributed by atoms with Crippen molar-refractivity contribution in [2.24, 2.45) is 10.9 Å². The number of amidine groups is 1. The van der Waals surface area contributed by atoms with E-state index in [1.54, 1.807) is 17.4 Å². The molecular weight excluding hydrogens is 260 g/mol. The molecule has 0 fully saturated rings. The molecule has 2 aromatic rings. The highest BCUT2D eigenvalue weighted by molar-refractivity contribution is 7.09. The van der Waals surface area contributed by atoms with Gasteiger partial charge in [-0.05, 0) is 30.5 Å². The van der Waals surface area contributed by atoms with Crippen LogP contribution in [0, 0.1) is 0 Å². The fourth-order valence-corrected chi connectivity index (χ4v) is 2.46. The van der Waals surface area contributed by atoms with E-state index in [0.29, 0.717) is 5.69 Å². The van der Waals surface area contributed by atoms with Gasteiger partial charge in [-0.1, -0.05) is 17.3 Å². The molecule has 19 heavy (non-hydrogen) atoms. The maximum atomic E-state index is 8.69. The summed E-state index contributed by atoms with van der Waals surface area (Å²) in [4.78, 5) is 7.82. The second-order valence-corrected chi connectivity index (χ2v) is 4.99. The summed E-state index contributed by atoms with van der Waals surface area (Å²) in [5.41, 5.74) is 6.04. The first-order chi connectivity index (χ1) is 9.24. The van der Waals surface area contributed by atoms with Gasteiger partial charge in [-0.2, -0.15) is 0 Å². The van der Waals surface area contributed by atoms with Crippen molar-refractivity contribution < 1.29 is 5.21 Å². The van der Waals surface area contributed by atoms with Crippen molar-refractivity contribution in [2.45, 2.75) is 13.5 Å². The van der Waals surface area contributed by atoms with Crippen molar-refractivity contribution in [2.75, 3.05) is 11.4 Å². The van der Waals surface area contributed by atoms with Gasteiger partial charge in [-0.3, -0.25) is 0 Å². The van der Waals surface area contributed by atoms with Crippen molar-refractivity contribution in [1.29, 1.82) is 0 Å². The summed E-state index contributed by atoms with van der Waals surface area (Å²) in [7, 11) is 0. The van der Waals surface area contributed by atoms with Crippen LogP contribution in [-0.4, -0.2) is 22.6 Å². The summed E-state index contributed by atoms with van der Waals surface area (Å²) in [6.07, 6.45) is 0. The quantitative estimate of drug-likeness (QED) is 0.380. The van der Waals surface area contributed by atoms with E-state index in [9.17, 15) is 0 Å². The Morgan fingerprint density at radius 2 is 2.26 bits per heavy atom. The average molecular weight is 276 g/mol. The molecule has 0 unspecified atom stereocenters. The van der Waals surface area contributed by atoms with E-state index in [0.717, 1.165) is 18.9 Å². The molecule has 2 heterocycles. The monoisotopic (exact) mass is 276 g/mol. The van der Waals surface area contributed by atoms with Crippen LogP contribution in [0.4, 0.5) is 5.82 Å². The Hall–Kier alpha value is -2.08. The second kappa shape index (κ2) is 6.19. The largest absolute Gasteiger partial charge is 0.409 e. The third-order valence-electron chi connectivity index (χ3n) is 2.74. The molecule has 0 amide bonds. The molecule has 0 atom stereocenters. The summed E-state index contributed by atoms with van der Waals surface area (Å²) >= 11 is 1.72. The number of hydrogen-bond acceptors (Lipinski definition) is 5. The first-order valence-corrected chi connectivity index (χ1v) is 6.85. The number of oxime groups is 1. The van der Waals surface area contributed by atoms with Crippen molar-refractivity contribution in [3.63, 3.8) is 0 Å². The molecule has 0 aromatic carbocycles. The lowest BCUT2D eigenvalue weighted by molar-refractivity contribution is 0.318. The molecule has 2 aromatic heterocycles. The van der Waals surface area contributed by atoms with Gasteiger partial charge >= 0.3 is 0 Å². The molecule has 0 saturated heterocycles. The Labute approximate surface area is 116 Å². The molecule has 5 nitrogen and oxygen atoms in total. The van der Waals surface area contributed by atoms with E-state index in [1.165, 1.54) is 4.88 Å². The van der Waals surface area contributed by atoms with Gasteiger partial charge in [0.2, 0.25) is 0 Å². The summed E-state index contributed by atoms with van der Waals surface area (Å²) < 4.78 is 0. The van der Waals surface area contributed by atoms with Crippen LogP contribution in [0.2, 0.25) is 0 Å². The lowest BCUT2D eigenvalue weighted by Gasteiger charge is -2.21. The van der Waals surface area contributed by atoms with Crippen molar-refractivity contribution >= 4 is 23.0 Å². The highest BCUT2D eigenvalue weighted by Gasteiger charge is 2.09. The lowest BCUT2D eigenvalue weighted by atomic mass is 10.3. The zero-order chi connectivity index (χ0) is 13.7. The Bertz CT molecular complexity index is 554. The summed E-state index contributed by atoms with van der Waals surface area (Å²) in [6.45, 7) is 3.72. The predicted molar refractivity (Wildman–Crippen MR) is 77.8 cm³/mol. The second-order valence-electron chi connectivity index (χ2n) is 3.96. The van der Waals surface area contributed by atoms with Gasteiger partial charge in [-0.25, -0.2) is 4.98 Å². The van der Waals surface area contributed by atoms with Crippen LogP contribution >= 0.6 is 11.3 Å². The van der Waals surface area contributed by atoms with E-state index in [1.807, 2.05) is 18.2 Å². The number of nitrogens with zero attached hydrogens (tertiary/aromatic N) is 3. The standard InChI is InChI=1S/C13H16N4OS/c1-2-17(9-10-5-4-8-19-10)12-7-3-6-11(15-12)13(14)16-18/h3-8,18H,2,9H2,1H3,(H2,14,16). The van der Waals surface area contributed by atoms with Crippen molar-refractivity contribution in [3.8, 4) is 0 Å². The normalized spacial score (nSPS) is 11.5. The van der Waals surface area contributed by atoms with E-state index in [-0.39, 0.29) is 5.84 Å². The Morgan fingerprint density at radius 3 is 2.89 bits per heavy atom. The molecule has 2 rings (SSSR count). The maximum Gasteiger partial charge on any atom is 0.188 e. The first-order valence-electron chi connectivity index (χ1n) is 5.97. The SMILES string of the molecule is CCN(Cc1cccs1)c1cccc(C(N)=NO)n1. The van der Waals surface area contributed by atoms with Gasteiger partial charge < -0.3 is 15.8 Å². The number of nitrogens with two attached hydrogens (primary N) is 1. The molecular formula is C13H16N4OS. The molecule has 100 valence electrons. The van der Waals surface area contributed by atoms with Crippen LogP contribution in [0.15, 0.2) is 40.9 Å². The number of aromatic nitrogens is 1. The van der Waals surface area contributed by atoms with Gasteiger partial charge in [0, 0.05) is 11.4 Å². The highest BCUT2D eigenvalue weighted by atomic mass is 32.1.